The molecule has 23 heavy (non-hydrogen) atoms. The number of ether oxygens (including phenoxy) is 1. The quantitative estimate of drug-likeness (QED) is 0.828. The lowest BCUT2D eigenvalue weighted by Gasteiger charge is -2.07. The maximum absolute atomic E-state index is 12.3. The average molecular weight is 330 g/mol. The highest BCUT2D eigenvalue weighted by molar-refractivity contribution is 7.17. The van der Waals surface area contributed by atoms with E-state index in [0.717, 1.165) is 23.3 Å². The highest BCUT2D eigenvalue weighted by Gasteiger charge is 2.30. The molecule has 1 aromatic heterocycles. The second-order valence-electron chi connectivity index (χ2n) is 5.32. The summed E-state index contributed by atoms with van der Waals surface area (Å²) in [7, 11) is 0. The molecule has 1 aromatic carbocycles. The Morgan fingerprint density at radius 3 is 2.61 bits per heavy atom. The number of amides is 2. The van der Waals surface area contributed by atoms with Crippen LogP contribution in [0.1, 0.15) is 29.4 Å². The molecule has 1 aliphatic carbocycles. The van der Waals surface area contributed by atoms with Crippen molar-refractivity contribution in [2.24, 2.45) is 5.92 Å². The Bertz CT molecular complexity index is 708. The molecule has 5 nitrogen and oxygen atoms in total. The van der Waals surface area contributed by atoms with Crippen LogP contribution in [0.15, 0.2) is 36.4 Å². The molecule has 2 N–H and O–H groups in total. The summed E-state index contributed by atoms with van der Waals surface area (Å²) in [5.41, 5.74) is 5.98. The van der Waals surface area contributed by atoms with Crippen LogP contribution in [-0.4, -0.2) is 18.4 Å². The van der Waals surface area contributed by atoms with E-state index >= 15 is 0 Å². The molecular weight excluding hydrogens is 312 g/mol. The molecule has 1 aliphatic rings. The highest BCUT2D eigenvalue weighted by atomic mass is 32.1. The van der Waals surface area contributed by atoms with Gasteiger partial charge in [0.25, 0.3) is 5.91 Å². The topological polar surface area (TPSA) is 67.4 Å². The van der Waals surface area contributed by atoms with Gasteiger partial charge in [0.1, 0.15) is 10.6 Å². The summed E-state index contributed by atoms with van der Waals surface area (Å²) in [6, 6.07) is 11.7. The third kappa shape index (κ3) is 3.71. The van der Waals surface area contributed by atoms with Gasteiger partial charge in [0.2, 0.25) is 5.91 Å². The number of rotatable bonds is 5. The molecule has 0 aliphatic heterocycles. The summed E-state index contributed by atoms with van der Waals surface area (Å²) in [6.07, 6.45) is 1.78. The first-order chi connectivity index (χ1) is 11.2. The zero-order valence-corrected chi connectivity index (χ0v) is 13.6. The molecule has 0 bridgehead atoms. The highest BCUT2D eigenvalue weighted by Crippen LogP contribution is 2.36. The van der Waals surface area contributed by atoms with Crippen molar-refractivity contribution in [1.82, 2.24) is 10.9 Å². The molecule has 0 radical (unpaired) electrons. The fraction of sp³-hybridized carbons (Fsp3) is 0.294. The van der Waals surface area contributed by atoms with Gasteiger partial charge in [0.05, 0.1) is 6.61 Å². The van der Waals surface area contributed by atoms with E-state index in [1.165, 1.54) is 11.3 Å². The van der Waals surface area contributed by atoms with E-state index in [-0.39, 0.29) is 17.7 Å². The van der Waals surface area contributed by atoms with Crippen molar-refractivity contribution in [3.63, 3.8) is 0 Å². The van der Waals surface area contributed by atoms with Crippen LogP contribution in [0.25, 0.3) is 10.4 Å². The number of benzene rings is 1. The minimum absolute atomic E-state index is 0.0462. The summed E-state index contributed by atoms with van der Waals surface area (Å²) in [5, 5.41) is 0. The Balaban J connectivity index is 1.77. The van der Waals surface area contributed by atoms with Crippen molar-refractivity contribution in [3.05, 3.63) is 41.3 Å². The standard InChI is InChI=1S/C17H18N2O3S/c1-2-22-13-10-14(11-6-4-3-5-7-11)23-15(13)17(21)19-18-16(20)12-8-9-12/h3-7,10,12H,2,8-9H2,1H3,(H,18,20)(H,19,21). The lowest BCUT2D eigenvalue weighted by molar-refractivity contribution is -0.123. The van der Waals surface area contributed by atoms with Gasteiger partial charge in [0.15, 0.2) is 0 Å². The SMILES string of the molecule is CCOc1cc(-c2ccccc2)sc1C(=O)NNC(=O)C1CC1. The minimum Gasteiger partial charge on any atom is -0.492 e. The van der Waals surface area contributed by atoms with E-state index < -0.39 is 0 Å². The molecule has 2 aromatic rings. The molecule has 3 rings (SSSR count). The number of carbonyl (C=O) groups excluding carboxylic acids is 2. The summed E-state index contributed by atoms with van der Waals surface area (Å²) < 4.78 is 5.56. The first kappa shape index (κ1) is 15.6. The fourth-order valence-corrected chi connectivity index (χ4v) is 3.16. The van der Waals surface area contributed by atoms with Crippen LogP contribution in [0.3, 0.4) is 0 Å². The lowest BCUT2D eigenvalue weighted by Crippen LogP contribution is -2.42. The van der Waals surface area contributed by atoms with Crippen molar-refractivity contribution in [1.29, 1.82) is 0 Å². The number of nitrogens with one attached hydrogen (secondary N) is 2. The molecule has 0 saturated heterocycles. The van der Waals surface area contributed by atoms with Gasteiger partial charge in [-0.1, -0.05) is 30.3 Å². The molecule has 1 heterocycles. The Morgan fingerprint density at radius 1 is 1.22 bits per heavy atom. The van der Waals surface area contributed by atoms with Gasteiger partial charge in [-0.15, -0.1) is 11.3 Å². The number of hydrazine groups is 1. The number of hydrogen-bond donors (Lipinski definition) is 2. The van der Waals surface area contributed by atoms with E-state index in [1.54, 1.807) is 0 Å². The molecule has 1 fully saturated rings. The first-order valence-corrected chi connectivity index (χ1v) is 8.43. The maximum Gasteiger partial charge on any atom is 0.283 e. The van der Waals surface area contributed by atoms with Crippen LogP contribution >= 0.6 is 11.3 Å². The molecule has 0 atom stereocenters. The predicted molar refractivity (Wildman–Crippen MR) is 89.3 cm³/mol. The van der Waals surface area contributed by atoms with E-state index in [2.05, 4.69) is 10.9 Å². The van der Waals surface area contributed by atoms with Crippen LogP contribution in [0.4, 0.5) is 0 Å². The monoisotopic (exact) mass is 330 g/mol. The lowest BCUT2D eigenvalue weighted by atomic mass is 10.2. The van der Waals surface area contributed by atoms with Crippen molar-refractivity contribution in [2.45, 2.75) is 19.8 Å². The largest absolute Gasteiger partial charge is 0.492 e. The summed E-state index contributed by atoms with van der Waals surface area (Å²) in [4.78, 5) is 25.4. The van der Waals surface area contributed by atoms with E-state index in [0.29, 0.717) is 17.2 Å². The van der Waals surface area contributed by atoms with Gasteiger partial charge < -0.3 is 4.74 Å². The van der Waals surface area contributed by atoms with Crippen molar-refractivity contribution >= 4 is 23.2 Å². The minimum atomic E-state index is -0.352. The molecule has 120 valence electrons. The Kier molecular flexibility index (Phi) is 4.62. The van der Waals surface area contributed by atoms with Crippen LogP contribution in [0.5, 0.6) is 5.75 Å². The average Bonchev–Trinajstić information content (AvgIpc) is 3.34. The zero-order chi connectivity index (χ0) is 16.2. The van der Waals surface area contributed by atoms with Crippen LogP contribution in [0.2, 0.25) is 0 Å². The summed E-state index contributed by atoms with van der Waals surface area (Å²) in [6.45, 7) is 2.34. The van der Waals surface area contributed by atoms with Gasteiger partial charge in [-0.3, -0.25) is 20.4 Å². The molecule has 2 amide bonds. The molecule has 1 saturated carbocycles. The molecular formula is C17H18N2O3S. The normalized spacial score (nSPS) is 13.4. The molecule has 6 heteroatoms. The Morgan fingerprint density at radius 2 is 1.96 bits per heavy atom. The summed E-state index contributed by atoms with van der Waals surface area (Å²) in [5.74, 6) is 0.102. The third-order valence-electron chi connectivity index (χ3n) is 3.51. The van der Waals surface area contributed by atoms with Crippen molar-refractivity contribution in [3.8, 4) is 16.2 Å². The Labute approximate surface area is 138 Å². The second kappa shape index (κ2) is 6.83. The second-order valence-corrected chi connectivity index (χ2v) is 6.37. The van der Waals surface area contributed by atoms with Gasteiger partial charge in [0, 0.05) is 10.8 Å². The number of carbonyl (C=O) groups is 2. The molecule has 0 unspecified atom stereocenters. The summed E-state index contributed by atoms with van der Waals surface area (Å²) >= 11 is 1.35. The number of thiophene rings is 1. The van der Waals surface area contributed by atoms with Crippen molar-refractivity contribution < 1.29 is 14.3 Å². The van der Waals surface area contributed by atoms with Gasteiger partial charge in [-0.2, -0.15) is 0 Å². The van der Waals surface area contributed by atoms with E-state index in [4.69, 9.17) is 4.74 Å². The number of hydrogen-bond acceptors (Lipinski definition) is 4. The first-order valence-electron chi connectivity index (χ1n) is 7.61. The Hall–Kier alpha value is -2.34. The van der Waals surface area contributed by atoms with Gasteiger partial charge in [-0.25, -0.2) is 0 Å². The van der Waals surface area contributed by atoms with Crippen LogP contribution < -0.4 is 15.6 Å². The van der Waals surface area contributed by atoms with Crippen LogP contribution in [0, 0.1) is 5.92 Å². The maximum atomic E-state index is 12.3. The molecule has 0 spiro atoms. The predicted octanol–water partition coefficient (Wildman–Crippen LogP) is 2.98. The van der Waals surface area contributed by atoms with Crippen LogP contribution in [-0.2, 0) is 4.79 Å². The van der Waals surface area contributed by atoms with Crippen molar-refractivity contribution in [2.75, 3.05) is 6.61 Å². The van der Waals surface area contributed by atoms with E-state index in [9.17, 15) is 9.59 Å². The van der Waals surface area contributed by atoms with E-state index in [1.807, 2.05) is 43.3 Å². The third-order valence-corrected chi connectivity index (χ3v) is 4.67. The van der Waals surface area contributed by atoms with Gasteiger partial charge in [-0.05, 0) is 31.4 Å². The zero-order valence-electron chi connectivity index (χ0n) is 12.8. The smallest absolute Gasteiger partial charge is 0.283 e. The fourth-order valence-electron chi connectivity index (χ4n) is 2.16. The van der Waals surface area contributed by atoms with Gasteiger partial charge >= 0.3 is 0 Å².